The first-order valence-corrected chi connectivity index (χ1v) is 4.37. The van der Waals surface area contributed by atoms with Crippen LogP contribution in [0.25, 0.3) is 0 Å². The number of carbonyl (C=O) groups excluding carboxylic acids is 1. The van der Waals surface area contributed by atoms with Crippen molar-refractivity contribution in [2.75, 3.05) is 0 Å². The first kappa shape index (κ1) is 12.1. The Hall–Kier alpha value is -2.32. The summed E-state index contributed by atoms with van der Waals surface area (Å²) in [6.07, 6.45) is 1.91. The van der Waals surface area contributed by atoms with Crippen LogP contribution in [0.15, 0.2) is 12.4 Å². The summed E-state index contributed by atoms with van der Waals surface area (Å²) >= 11 is 0. The zero-order chi connectivity index (χ0) is 13.4. The fourth-order valence-corrected chi connectivity index (χ4v) is 1.22. The molecular weight excluding hydrogens is 261 g/mol. The molecule has 94 valence electrons. The monoisotopic (exact) mass is 263 g/mol. The Kier molecular flexibility index (Phi) is 2.81. The maximum Gasteiger partial charge on any atom is 0.285 e. The van der Waals surface area contributed by atoms with Crippen molar-refractivity contribution in [3.8, 4) is 0 Å². The number of hydrogen-bond donors (Lipinski definition) is 0. The third kappa shape index (κ3) is 1.63. The molecule has 0 unspecified atom stereocenters. The van der Waals surface area contributed by atoms with Gasteiger partial charge in [0.2, 0.25) is 5.82 Å². The van der Waals surface area contributed by atoms with E-state index in [0.29, 0.717) is 4.68 Å². The summed E-state index contributed by atoms with van der Waals surface area (Å²) in [5.41, 5.74) is -1.59. The van der Waals surface area contributed by atoms with E-state index in [1.807, 2.05) is 0 Å². The van der Waals surface area contributed by atoms with Crippen molar-refractivity contribution in [2.45, 2.75) is 0 Å². The van der Waals surface area contributed by atoms with Crippen LogP contribution >= 0.6 is 0 Å². The van der Waals surface area contributed by atoms with E-state index in [-0.39, 0.29) is 0 Å². The van der Waals surface area contributed by atoms with E-state index in [0.717, 1.165) is 12.4 Å². The highest BCUT2D eigenvalue weighted by atomic mass is 19.2. The molecule has 2 rings (SSSR count). The minimum atomic E-state index is -2.33. The summed E-state index contributed by atoms with van der Waals surface area (Å²) in [7, 11) is 0. The smallest absolute Gasteiger partial charge is 0.266 e. The molecular formula is C9H2F5N3O. The van der Waals surface area contributed by atoms with Crippen LogP contribution in [0.4, 0.5) is 22.0 Å². The lowest BCUT2D eigenvalue weighted by Gasteiger charge is -2.06. The molecule has 0 N–H and O–H groups in total. The molecule has 0 aliphatic rings. The Morgan fingerprint density at radius 1 is 0.944 bits per heavy atom. The van der Waals surface area contributed by atoms with Gasteiger partial charge in [-0.05, 0) is 0 Å². The summed E-state index contributed by atoms with van der Waals surface area (Å²) in [4.78, 5) is 11.5. The van der Waals surface area contributed by atoms with Gasteiger partial charge in [0.15, 0.2) is 23.3 Å². The maximum atomic E-state index is 13.2. The minimum Gasteiger partial charge on any atom is -0.266 e. The molecule has 0 atom stereocenters. The number of benzene rings is 1. The Morgan fingerprint density at radius 3 is 1.89 bits per heavy atom. The molecule has 0 saturated carbocycles. The van der Waals surface area contributed by atoms with Gasteiger partial charge in [-0.25, -0.2) is 22.0 Å². The van der Waals surface area contributed by atoms with Gasteiger partial charge in [-0.1, -0.05) is 5.21 Å². The summed E-state index contributed by atoms with van der Waals surface area (Å²) in [5, 5.41) is 6.28. The average Bonchev–Trinajstić information content (AvgIpc) is 2.88. The average molecular weight is 263 g/mol. The van der Waals surface area contributed by atoms with Gasteiger partial charge in [-0.2, -0.15) is 4.68 Å². The topological polar surface area (TPSA) is 47.8 Å². The highest BCUT2D eigenvalue weighted by Gasteiger charge is 2.30. The molecule has 0 aliphatic carbocycles. The number of halogens is 5. The minimum absolute atomic E-state index is 0.346. The van der Waals surface area contributed by atoms with E-state index in [4.69, 9.17) is 0 Å². The molecule has 0 saturated heterocycles. The van der Waals surface area contributed by atoms with Crippen LogP contribution in [0.1, 0.15) is 10.4 Å². The predicted octanol–water partition coefficient (Wildman–Crippen LogP) is 1.66. The van der Waals surface area contributed by atoms with Crippen molar-refractivity contribution in [1.29, 1.82) is 0 Å². The number of hydrogen-bond acceptors (Lipinski definition) is 3. The second-order valence-electron chi connectivity index (χ2n) is 3.10. The first-order valence-electron chi connectivity index (χ1n) is 4.37. The van der Waals surface area contributed by atoms with Crippen molar-refractivity contribution >= 4 is 5.91 Å². The quantitative estimate of drug-likeness (QED) is 0.446. The standard InChI is InChI=1S/C9H2F5N3O/c10-4-3(9(18)17-2-1-15-16-17)5(11)7(13)8(14)6(4)12/h1-2H. The van der Waals surface area contributed by atoms with E-state index in [9.17, 15) is 26.7 Å². The van der Waals surface area contributed by atoms with Gasteiger partial charge in [-0.15, -0.1) is 5.10 Å². The van der Waals surface area contributed by atoms with E-state index in [1.54, 1.807) is 0 Å². The van der Waals surface area contributed by atoms with Gasteiger partial charge in [0, 0.05) is 0 Å². The predicted molar refractivity (Wildman–Crippen MR) is 46.0 cm³/mol. The van der Waals surface area contributed by atoms with Crippen LogP contribution in [0.3, 0.4) is 0 Å². The Labute approximate surface area is 95.6 Å². The Morgan fingerprint density at radius 2 is 1.44 bits per heavy atom. The van der Waals surface area contributed by atoms with Crippen molar-refractivity contribution in [3.05, 3.63) is 47.0 Å². The summed E-state index contributed by atoms with van der Waals surface area (Å²) in [6, 6.07) is 0. The number of carbonyl (C=O) groups is 1. The van der Waals surface area contributed by atoms with E-state index >= 15 is 0 Å². The molecule has 2 aromatic rings. The van der Waals surface area contributed by atoms with Crippen LogP contribution in [0.5, 0.6) is 0 Å². The number of rotatable bonds is 1. The van der Waals surface area contributed by atoms with Crippen molar-refractivity contribution in [3.63, 3.8) is 0 Å². The Balaban J connectivity index is 2.69. The first-order chi connectivity index (χ1) is 8.45. The highest BCUT2D eigenvalue weighted by Crippen LogP contribution is 2.23. The van der Waals surface area contributed by atoms with Crippen LogP contribution in [0.2, 0.25) is 0 Å². The van der Waals surface area contributed by atoms with Gasteiger partial charge in [-0.3, -0.25) is 4.79 Å². The van der Waals surface area contributed by atoms with Gasteiger partial charge in [0.1, 0.15) is 5.56 Å². The fourth-order valence-electron chi connectivity index (χ4n) is 1.22. The third-order valence-corrected chi connectivity index (χ3v) is 2.05. The van der Waals surface area contributed by atoms with Crippen molar-refractivity contribution < 1.29 is 26.7 Å². The van der Waals surface area contributed by atoms with Crippen molar-refractivity contribution in [1.82, 2.24) is 15.0 Å². The van der Waals surface area contributed by atoms with E-state index in [2.05, 4.69) is 10.3 Å². The molecule has 0 amide bonds. The normalized spacial score (nSPS) is 10.7. The molecule has 18 heavy (non-hydrogen) atoms. The second kappa shape index (κ2) is 4.17. The molecule has 0 fully saturated rings. The number of aromatic nitrogens is 3. The zero-order valence-electron chi connectivity index (χ0n) is 8.29. The van der Waals surface area contributed by atoms with Gasteiger partial charge < -0.3 is 0 Å². The fraction of sp³-hybridized carbons (Fsp3) is 0. The molecule has 0 bridgehead atoms. The van der Waals surface area contributed by atoms with E-state index < -0.39 is 40.6 Å². The molecule has 1 aromatic heterocycles. The van der Waals surface area contributed by atoms with Crippen LogP contribution in [-0.2, 0) is 0 Å². The highest BCUT2D eigenvalue weighted by molar-refractivity contribution is 5.95. The van der Waals surface area contributed by atoms with Gasteiger partial charge in [0.05, 0.1) is 12.4 Å². The Bertz CT molecular complexity index is 597. The largest absolute Gasteiger partial charge is 0.285 e. The van der Waals surface area contributed by atoms with Gasteiger partial charge >= 0.3 is 0 Å². The van der Waals surface area contributed by atoms with E-state index in [1.165, 1.54) is 0 Å². The summed E-state index contributed by atoms with van der Waals surface area (Å²) in [6.45, 7) is 0. The molecule has 1 aromatic carbocycles. The van der Waals surface area contributed by atoms with Crippen LogP contribution < -0.4 is 0 Å². The lowest BCUT2D eigenvalue weighted by Crippen LogP contribution is -2.19. The number of nitrogens with zero attached hydrogens (tertiary/aromatic N) is 3. The zero-order valence-corrected chi connectivity index (χ0v) is 8.29. The molecule has 0 aliphatic heterocycles. The second-order valence-corrected chi connectivity index (χ2v) is 3.10. The lowest BCUT2D eigenvalue weighted by atomic mass is 10.1. The van der Waals surface area contributed by atoms with Crippen LogP contribution in [-0.4, -0.2) is 20.9 Å². The molecule has 0 radical (unpaired) electrons. The molecule has 9 heteroatoms. The third-order valence-electron chi connectivity index (χ3n) is 2.05. The summed E-state index contributed by atoms with van der Waals surface area (Å²) < 4.78 is 65.3. The van der Waals surface area contributed by atoms with Crippen molar-refractivity contribution in [2.24, 2.45) is 0 Å². The molecule has 4 nitrogen and oxygen atoms in total. The lowest BCUT2D eigenvalue weighted by molar-refractivity contribution is 0.0931. The molecule has 1 heterocycles. The maximum absolute atomic E-state index is 13.2. The SMILES string of the molecule is O=C(c1c(F)c(F)c(F)c(F)c1F)n1ccnn1. The summed E-state index contributed by atoms with van der Waals surface area (Å²) in [5.74, 6) is -12.7. The van der Waals surface area contributed by atoms with Crippen LogP contribution in [0, 0.1) is 29.1 Å². The molecule has 0 spiro atoms. The van der Waals surface area contributed by atoms with Gasteiger partial charge in [0.25, 0.3) is 5.91 Å².